The zero-order valence-corrected chi connectivity index (χ0v) is 14.1. The molecule has 2 heterocycles. The van der Waals surface area contributed by atoms with Crippen LogP contribution in [-0.2, 0) is 17.6 Å². The van der Waals surface area contributed by atoms with Gasteiger partial charge >= 0.3 is 0 Å². The molecule has 0 spiro atoms. The van der Waals surface area contributed by atoms with Gasteiger partial charge in [0.05, 0.1) is 0 Å². The van der Waals surface area contributed by atoms with Gasteiger partial charge in [0.1, 0.15) is 5.75 Å². The van der Waals surface area contributed by atoms with Gasteiger partial charge in [0, 0.05) is 19.0 Å². The Morgan fingerprint density at radius 3 is 2.71 bits per heavy atom. The highest BCUT2D eigenvalue weighted by atomic mass is 35.5. The molecule has 2 aliphatic rings. The minimum Gasteiger partial charge on any atom is -0.480 e. The Kier molecular flexibility index (Phi) is 5.07. The Bertz CT molecular complexity index is 710. The van der Waals surface area contributed by atoms with E-state index < -0.39 is 6.10 Å². The van der Waals surface area contributed by atoms with Crippen LogP contribution in [0.3, 0.4) is 0 Å². The van der Waals surface area contributed by atoms with Crippen LogP contribution in [0.25, 0.3) is 0 Å². The lowest BCUT2D eigenvalue weighted by Crippen LogP contribution is -2.43. The quantitative estimate of drug-likeness (QED) is 0.899. The molecule has 2 aliphatic heterocycles. The minimum absolute atomic E-state index is 0. The van der Waals surface area contributed by atoms with Crippen molar-refractivity contribution < 1.29 is 9.53 Å². The van der Waals surface area contributed by atoms with Crippen molar-refractivity contribution in [2.24, 2.45) is 0 Å². The standard InChI is InChI=1S/C19H20N2O2.ClH/c22-19(18-11-14-6-2-4-8-17(14)23-18)21-12-16-15-7-3-1-5-13(15)9-10-20-16;/h1-8,16,18,20H,9-12H2,(H,21,22);1H. The van der Waals surface area contributed by atoms with E-state index in [1.54, 1.807) is 0 Å². The van der Waals surface area contributed by atoms with Crippen LogP contribution in [0.4, 0.5) is 0 Å². The highest BCUT2D eigenvalue weighted by Gasteiger charge is 2.29. The third kappa shape index (κ3) is 3.25. The highest BCUT2D eigenvalue weighted by molar-refractivity contribution is 5.85. The van der Waals surface area contributed by atoms with Crippen molar-refractivity contribution in [1.29, 1.82) is 0 Å². The zero-order chi connectivity index (χ0) is 15.6. The summed E-state index contributed by atoms with van der Waals surface area (Å²) in [4.78, 5) is 12.4. The van der Waals surface area contributed by atoms with Gasteiger partial charge in [-0.25, -0.2) is 0 Å². The van der Waals surface area contributed by atoms with Crippen molar-refractivity contribution >= 4 is 18.3 Å². The first-order chi connectivity index (χ1) is 11.3. The Morgan fingerprint density at radius 2 is 1.88 bits per heavy atom. The monoisotopic (exact) mass is 344 g/mol. The maximum atomic E-state index is 12.4. The number of rotatable bonds is 3. The van der Waals surface area contributed by atoms with Crippen molar-refractivity contribution in [3.8, 4) is 5.75 Å². The van der Waals surface area contributed by atoms with E-state index in [0.717, 1.165) is 24.3 Å². The summed E-state index contributed by atoms with van der Waals surface area (Å²) in [5.41, 5.74) is 3.76. The molecule has 0 aromatic heterocycles. The normalized spacial score (nSPS) is 21.0. The number of nitrogens with one attached hydrogen (secondary N) is 2. The van der Waals surface area contributed by atoms with Gasteiger partial charge in [-0.15, -0.1) is 12.4 Å². The number of halogens is 1. The van der Waals surface area contributed by atoms with Crippen LogP contribution in [0.15, 0.2) is 48.5 Å². The van der Waals surface area contributed by atoms with Crippen LogP contribution in [0, 0.1) is 0 Å². The Hall–Kier alpha value is -2.04. The summed E-state index contributed by atoms with van der Waals surface area (Å²) >= 11 is 0. The smallest absolute Gasteiger partial charge is 0.261 e. The second-order valence-corrected chi connectivity index (χ2v) is 6.12. The summed E-state index contributed by atoms with van der Waals surface area (Å²) in [5.74, 6) is 0.792. The lowest BCUT2D eigenvalue weighted by Gasteiger charge is -2.27. The van der Waals surface area contributed by atoms with E-state index in [1.165, 1.54) is 11.1 Å². The van der Waals surface area contributed by atoms with Crippen LogP contribution in [0.2, 0.25) is 0 Å². The second kappa shape index (κ2) is 7.24. The Balaban J connectivity index is 0.00000169. The summed E-state index contributed by atoms with van der Waals surface area (Å²) in [7, 11) is 0. The summed E-state index contributed by atoms with van der Waals surface area (Å²) < 4.78 is 5.75. The lowest BCUT2D eigenvalue weighted by atomic mass is 9.94. The first-order valence-corrected chi connectivity index (χ1v) is 8.15. The summed E-state index contributed by atoms with van der Waals surface area (Å²) in [5, 5.41) is 6.53. The molecule has 2 unspecified atom stereocenters. The van der Waals surface area contributed by atoms with Crippen molar-refractivity contribution in [3.63, 3.8) is 0 Å². The molecule has 2 atom stereocenters. The molecule has 0 bridgehead atoms. The van der Waals surface area contributed by atoms with Crippen molar-refractivity contribution in [2.45, 2.75) is 25.0 Å². The second-order valence-electron chi connectivity index (χ2n) is 6.12. The molecule has 0 saturated heterocycles. The third-order valence-corrected chi connectivity index (χ3v) is 4.64. The molecule has 126 valence electrons. The van der Waals surface area contributed by atoms with E-state index in [9.17, 15) is 4.79 Å². The van der Waals surface area contributed by atoms with E-state index in [2.05, 4.69) is 34.9 Å². The molecular formula is C19H21ClN2O2. The molecule has 4 nitrogen and oxygen atoms in total. The highest BCUT2D eigenvalue weighted by Crippen LogP contribution is 2.28. The molecular weight excluding hydrogens is 324 g/mol. The van der Waals surface area contributed by atoms with Crippen molar-refractivity contribution in [1.82, 2.24) is 10.6 Å². The van der Waals surface area contributed by atoms with Crippen LogP contribution in [-0.4, -0.2) is 25.1 Å². The number of para-hydroxylation sites is 1. The van der Waals surface area contributed by atoms with Gasteiger partial charge in [0.2, 0.25) is 0 Å². The summed E-state index contributed by atoms with van der Waals surface area (Å²) in [6.07, 6.45) is 1.28. The molecule has 4 rings (SSSR count). The van der Waals surface area contributed by atoms with Crippen molar-refractivity contribution in [2.75, 3.05) is 13.1 Å². The predicted molar refractivity (Wildman–Crippen MR) is 95.7 cm³/mol. The fraction of sp³-hybridized carbons (Fsp3) is 0.316. The van der Waals surface area contributed by atoms with Crippen LogP contribution < -0.4 is 15.4 Å². The number of hydrogen-bond acceptors (Lipinski definition) is 3. The number of amides is 1. The molecule has 0 saturated carbocycles. The molecule has 2 aromatic rings. The van der Waals surface area contributed by atoms with E-state index in [1.807, 2.05) is 24.3 Å². The molecule has 5 heteroatoms. The first kappa shape index (κ1) is 16.8. The van der Waals surface area contributed by atoms with E-state index in [4.69, 9.17) is 4.74 Å². The van der Waals surface area contributed by atoms with Crippen LogP contribution >= 0.6 is 12.4 Å². The van der Waals surface area contributed by atoms with Gasteiger partial charge in [-0.2, -0.15) is 0 Å². The Morgan fingerprint density at radius 1 is 1.12 bits per heavy atom. The van der Waals surface area contributed by atoms with Crippen molar-refractivity contribution in [3.05, 3.63) is 65.2 Å². The Labute approximate surface area is 148 Å². The van der Waals surface area contributed by atoms with E-state index in [-0.39, 0.29) is 24.4 Å². The molecule has 2 N–H and O–H groups in total. The van der Waals surface area contributed by atoms with Gasteiger partial charge in [-0.3, -0.25) is 4.79 Å². The fourth-order valence-corrected chi connectivity index (χ4v) is 3.42. The zero-order valence-electron chi connectivity index (χ0n) is 13.3. The molecule has 2 aromatic carbocycles. The topological polar surface area (TPSA) is 50.4 Å². The number of hydrogen-bond donors (Lipinski definition) is 2. The van der Waals surface area contributed by atoms with E-state index in [0.29, 0.717) is 13.0 Å². The largest absolute Gasteiger partial charge is 0.480 e. The van der Waals surface area contributed by atoms with Gasteiger partial charge in [-0.05, 0) is 35.7 Å². The summed E-state index contributed by atoms with van der Waals surface area (Å²) in [6.45, 7) is 1.54. The number of carbonyl (C=O) groups is 1. The fourth-order valence-electron chi connectivity index (χ4n) is 3.42. The van der Waals surface area contributed by atoms with E-state index >= 15 is 0 Å². The van der Waals surface area contributed by atoms with Gasteiger partial charge < -0.3 is 15.4 Å². The maximum Gasteiger partial charge on any atom is 0.261 e. The molecule has 0 radical (unpaired) electrons. The number of ether oxygens (including phenoxy) is 1. The summed E-state index contributed by atoms with van der Waals surface area (Å²) in [6, 6.07) is 16.5. The number of fused-ring (bicyclic) bond motifs is 2. The SMILES string of the molecule is Cl.O=C(NCC1NCCc2ccccc21)C1Cc2ccccc2O1. The first-order valence-electron chi connectivity index (χ1n) is 8.15. The molecule has 0 fully saturated rings. The average molecular weight is 345 g/mol. The molecule has 0 aliphatic carbocycles. The average Bonchev–Trinajstić information content (AvgIpc) is 3.04. The number of carbonyl (C=O) groups excluding carboxylic acids is 1. The van der Waals surface area contributed by atoms with Crippen LogP contribution in [0.5, 0.6) is 5.75 Å². The lowest BCUT2D eigenvalue weighted by molar-refractivity contribution is -0.127. The number of benzene rings is 2. The predicted octanol–water partition coefficient (Wildman–Crippen LogP) is 2.42. The van der Waals surface area contributed by atoms with Gasteiger partial charge in [0.15, 0.2) is 6.10 Å². The molecule has 24 heavy (non-hydrogen) atoms. The maximum absolute atomic E-state index is 12.4. The van der Waals surface area contributed by atoms with Gasteiger partial charge in [-0.1, -0.05) is 42.5 Å². The minimum atomic E-state index is -0.411. The third-order valence-electron chi connectivity index (χ3n) is 4.64. The van der Waals surface area contributed by atoms with Crippen LogP contribution in [0.1, 0.15) is 22.7 Å². The van der Waals surface area contributed by atoms with Gasteiger partial charge in [0.25, 0.3) is 5.91 Å². The molecule has 1 amide bonds.